The van der Waals surface area contributed by atoms with Crippen molar-refractivity contribution in [2.75, 3.05) is 37.3 Å². The number of rotatable bonds is 21. The SMILES string of the molecule is COc1ccc(C(=O)C(C(=O)Nc2cc(C=O)ccc2Cl)n2cnc3c(C)ncnc32)cc1.COc1ccc(C(=O)C(C(=O)Nc2cc(C=O)ccc2Cl)n2cnc3c(C)ncnc32)cc1.COc1ccc(C(=O)C(C(=O)Nc2cc(C=O)ccc2Cl)n2cnc3c(C)ncnc32)cc1. The Bertz CT molecular complexity index is 4600. The molecule has 6 aromatic carbocycles. The largest absolute Gasteiger partial charge is 0.497 e. The molecule has 3 amide bonds. The zero-order valence-corrected chi connectivity index (χ0v) is 55.2. The normalized spacial score (nSPS) is 11.7. The highest BCUT2D eigenvalue weighted by Gasteiger charge is 2.35. The molecule has 12 aromatic rings. The second-order valence-corrected chi connectivity index (χ2v) is 22.6. The molecule has 3 unspecified atom stereocenters. The lowest BCUT2D eigenvalue weighted by atomic mass is 10.0. The molecular formula is C69H54Cl3N15O12. The van der Waals surface area contributed by atoms with Gasteiger partial charge < -0.3 is 30.2 Å². The molecule has 99 heavy (non-hydrogen) atoms. The summed E-state index contributed by atoms with van der Waals surface area (Å²) in [5, 5.41) is 8.64. The molecular weight excluding hydrogens is 1340 g/mol. The number of aryl methyl sites for hydroxylation is 3. The number of amides is 3. The minimum Gasteiger partial charge on any atom is -0.497 e. The van der Waals surface area contributed by atoms with Crippen molar-refractivity contribution in [1.82, 2.24) is 58.6 Å². The molecule has 6 heterocycles. The second kappa shape index (κ2) is 31.0. The molecule has 30 heteroatoms. The van der Waals surface area contributed by atoms with Crippen LogP contribution in [0.5, 0.6) is 17.2 Å². The van der Waals surface area contributed by atoms with Crippen LogP contribution < -0.4 is 30.2 Å². The summed E-state index contributed by atoms with van der Waals surface area (Å²) in [6.45, 7) is 5.27. The zero-order valence-electron chi connectivity index (χ0n) is 53.0. The first kappa shape index (κ1) is 69.5. The van der Waals surface area contributed by atoms with Crippen LogP contribution in [0.4, 0.5) is 17.1 Å². The average Bonchev–Trinajstić information content (AvgIpc) is 1.69. The minimum atomic E-state index is -1.35. The molecule has 0 saturated carbocycles. The molecule has 0 fully saturated rings. The van der Waals surface area contributed by atoms with Gasteiger partial charge in [-0.3, -0.25) is 56.9 Å². The Hall–Kier alpha value is -12.3. The topological polar surface area (TPSA) is 348 Å². The standard InChI is InChI=1S/3C23H18ClN5O4/c3*1-13-19-22(26-11-25-13)29(12-27-19)20(21(31)15-4-6-16(33-2)7-5-15)23(32)28-18-9-14(10-30)3-8-17(18)24/h3*3-12,20H,1-2H3,(H,28,32). The molecule has 0 spiro atoms. The smallest absolute Gasteiger partial charge is 0.255 e. The molecule has 3 atom stereocenters. The number of imidazole rings is 3. The molecule has 27 nitrogen and oxygen atoms in total. The third-order valence-corrected chi connectivity index (χ3v) is 16.2. The highest BCUT2D eigenvalue weighted by Crippen LogP contribution is 2.32. The molecule has 0 aliphatic carbocycles. The van der Waals surface area contributed by atoms with E-state index in [0.717, 1.165) is 0 Å². The maximum absolute atomic E-state index is 13.5. The van der Waals surface area contributed by atoms with Crippen molar-refractivity contribution in [3.63, 3.8) is 0 Å². The Labute approximate surface area is 576 Å². The van der Waals surface area contributed by atoms with Gasteiger partial charge in [0, 0.05) is 33.4 Å². The number of aromatic nitrogens is 12. The first-order valence-electron chi connectivity index (χ1n) is 29.4. The monoisotopic (exact) mass is 1390 g/mol. The lowest BCUT2D eigenvalue weighted by Crippen LogP contribution is -2.32. The van der Waals surface area contributed by atoms with E-state index in [4.69, 9.17) is 49.0 Å². The van der Waals surface area contributed by atoms with Crippen LogP contribution in [0.3, 0.4) is 0 Å². The number of nitrogens with one attached hydrogen (secondary N) is 3. The third-order valence-electron chi connectivity index (χ3n) is 15.2. The number of ketones is 3. The van der Waals surface area contributed by atoms with Crippen LogP contribution >= 0.6 is 34.8 Å². The van der Waals surface area contributed by atoms with Gasteiger partial charge in [-0.25, -0.2) is 44.9 Å². The van der Waals surface area contributed by atoms with Crippen LogP contribution in [0.15, 0.2) is 165 Å². The molecule has 0 aliphatic heterocycles. The van der Waals surface area contributed by atoms with Crippen molar-refractivity contribution < 1.29 is 57.4 Å². The number of methoxy groups -OCH3 is 3. The van der Waals surface area contributed by atoms with E-state index < -0.39 is 53.2 Å². The lowest BCUT2D eigenvalue weighted by Gasteiger charge is -2.18. The Balaban J connectivity index is 0.000000161. The summed E-state index contributed by atoms with van der Waals surface area (Å²) in [5.74, 6) is -1.77. The van der Waals surface area contributed by atoms with Gasteiger partial charge in [-0.05, 0) is 130 Å². The predicted molar refractivity (Wildman–Crippen MR) is 366 cm³/mol. The minimum absolute atomic E-state index is 0.203. The van der Waals surface area contributed by atoms with Crippen LogP contribution in [-0.2, 0) is 14.4 Å². The summed E-state index contributed by atoms with van der Waals surface area (Å²) < 4.78 is 19.6. The summed E-state index contributed by atoms with van der Waals surface area (Å²) in [6, 6.07) is 28.5. The van der Waals surface area contributed by atoms with Gasteiger partial charge in [-0.2, -0.15) is 0 Å². The van der Waals surface area contributed by atoms with Gasteiger partial charge >= 0.3 is 0 Å². The first-order chi connectivity index (χ1) is 47.8. The average molecular weight is 1390 g/mol. The number of hydrogen-bond donors (Lipinski definition) is 3. The second-order valence-electron chi connectivity index (χ2n) is 21.4. The fraction of sp³-hybridized carbons (Fsp3) is 0.130. The number of aldehydes is 3. The fourth-order valence-corrected chi connectivity index (χ4v) is 10.6. The number of hydrogen-bond acceptors (Lipinski definition) is 21. The Kier molecular flexibility index (Phi) is 21.8. The van der Waals surface area contributed by atoms with E-state index in [1.54, 1.807) is 93.6 Å². The number of halogens is 3. The van der Waals surface area contributed by atoms with Crippen LogP contribution in [0.25, 0.3) is 33.5 Å². The predicted octanol–water partition coefficient (Wildman–Crippen LogP) is 11.0. The molecule has 12 rings (SSSR count). The Morgan fingerprint density at radius 2 is 0.626 bits per heavy atom. The van der Waals surface area contributed by atoms with Gasteiger partial charge in [-0.1, -0.05) is 53.0 Å². The molecule has 6 aromatic heterocycles. The van der Waals surface area contributed by atoms with Gasteiger partial charge in [0.2, 0.25) is 0 Å². The van der Waals surface area contributed by atoms with Gasteiger partial charge in [0.25, 0.3) is 17.7 Å². The summed E-state index contributed by atoms with van der Waals surface area (Å²) in [4.78, 5) is 152. The fourth-order valence-electron chi connectivity index (χ4n) is 10.1. The quantitative estimate of drug-likeness (QED) is 0.0342. The van der Waals surface area contributed by atoms with Crippen molar-refractivity contribution in [2.45, 2.75) is 38.9 Å². The number of nitrogens with zero attached hydrogens (tertiary/aromatic N) is 12. The number of fused-ring (bicyclic) bond motifs is 3. The van der Waals surface area contributed by atoms with E-state index in [9.17, 15) is 43.2 Å². The van der Waals surface area contributed by atoms with E-state index in [1.807, 2.05) is 0 Å². The maximum Gasteiger partial charge on any atom is 0.255 e. The number of Topliss-reactive ketones (excluding diaryl/α,β-unsaturated/α-hetero) is 3. The van der Waals surface area contributed by atoms with E-state index in [0.29, 0.717) is 103 Å². The molecule has 498 valence electrons. The van der Waals surface area contributed by atoms with Crippen molar-refractivity contribution >= 4 is 139 Å². The van der Waals surface area contributed by atoms with Crippen LogP contribution in [-0.4, -0.2) is 134 Å². The van der Waals surface area contributed by atoms with E-state index in [-0.39, 0.29) is 48.8 Å². The summed E-state index contributed by atoms with van der Waals surface area (Å²) in [6.07, 6.45) is 10.1. The molecule has 3 N–H and O–H groups in total. The van der Waals surface area contributed by atoms with E-state index in [2.05, 4.69) is 60.8 Å². The summed E-state index contributed by atoms with van der Waals surface area (Å²) in [7, 11) is 4.55. The van der Waals surface area contributed by atoms with Crippen molar-refractivity contribution in [1.29, 1.82) is 0 Å². The molecule has 0 radical (unpaired) electrons. The molecule has 0 bridgehead atoms. The van der Waals surface area contributed by atoms with Crippen LogP contribution in [0.2, 0.25) is 15.1 Å². The number of carbonyl (C=O) groups excluding carboxylic acids is 9. The number of benzene rings is 6. The van der Waals surface area contributed by atoms with Gasteiger partial charge in [0.05, 0.1) is 89.5 Å². The summed E-state index contributed by atoms with van der Waals surface area (Å²) in [5.41, 5.74) is 6.67. The number of anilines is 3. The highest BCUT2D eigenvalue weighted by atomic mass is 35.5. The molecule has 0 saturated heterocycles. The van der Waals surface area contributed by atoms with Crippen molar-refractivity contribution in [3.05, 3.63) is 231 Å². The summed E-state index contributed by atoms with van der Waals surface area (Å²) >= 11 is 18.6. The first-order valence-corrected chi connectivity index (χ1v) is 30.6. The van der Waals surface area contributed by atoms with Gasteiger partial charge in [-0.15, -0.1) is 0 Å². The van der Waals surface area contributed by atoms with E-state index >= 15 is 0 Å². The Morgan fingerprint density at radius 1 is 0.374 bits per heavy atom. The van der Waals surface area contributed by atoms with Gasteiger partial charge in [0.1, 0.15) is 71.6 Å². The van der Waals surface area contributed by atoms with Crippen LogP contribution in [0.1, 0.15) is 97.4 Å². The lowest BCUT2D eigenvalue weighted by molar-refractivity contribution is -0.118. The van der Waals surface area contributed by atoms with Crippen LogP contribution in [0, 0.1) is 20.8 Å². The highest BCUT2D eigenvalue weighted by molar-refractivity contribution is 6.35. The molecule has 0 aliphatic rings. The Morgan fingerprint density at radius 3 is 0.859 bits per heavy atom. The number of ether oxygens (including phenoxy) is 3. The zero-order chi connectivity index (χ0) is 70.6. The third kappa shape index (κ3) is 15.3. The van der Waals surface area contributed by atoms with Gasteiger partial charge in [0.15, 0.2) is 52.4 Å². The maximum atomic E-state index is 13.5. The van der Waals surface area contributed by atoms with Crippen molar-refractivity contribution in [3.8, 4) is 17.2 Å². The van der Waals surface area contributed by atoms with Crippen molar-refractivity contribution in [2.24, 2.45) is 0 Å². The number of carbonyl (C=O) groups is 9. The van der Waals surface area contributed by atoms with E-state index in [1.165, 1.54) is 128 Å².